The maximum absolute atomic E-state index is 9.80. The molecule has 0 N–H and O–H groups in total. The molecule has 0 aromatic heterocycles. The number of rotatable bonds is 7. The first kappa shape index (κ1) is 10.3. The van der Waals surface area contributed by atoms with Crippen molar-refractivity contribution in [3.8, 4) is 0 Å². The van der Waals surface area contributed by atoms with Crippen molar-refractivity contribution in [2.75, 3.05) is 25.2 Å². The standard InChI is InChI=1S/C6H12O2S2/c1-9-10-6-5-8-4-2-3-7/h3H,2,4-6H2,1H3. The molecule has 0 amide bonds. The molecule has 0 heterocycles. The van der Waals surface area contributed by atoms with Crippen LogP contribution in [0.15, 0.2) is 0 Å². The fourth-order valence-electron chi connectivity index (χ4n) is 0.410. The van der Waals surface area contributed by atoms with Gasteiger partial charge in [-0.2, -0.15) is 0 Å². The zero-order chi connectivity index (χ0) is 7.66. The summed E-state index contributed by atoms with van der Waals surface area (Å²) >= 11 is 0. The number of ether oxygens (including phenoxy) is 1. The number of hydrogen-bond donors (Lipinski definition) is 0. The van der Waals surface area contributed by atoms with Crippen LogP contribution in [0.2, 0.25) is 0 Å². The lowest BCUT2D eigenvalue weighted by molar-refractivity contribution is -0.108. The first-order valence-corrected chi connectivity index (χ1v) is 5.81. The van der Waals surface area contributed by atoms with Gasteiger partial charge in [0.2, 0.25) is 0 Å². The zero-order valence-electron chi connectivity index (χ0n) is 6.04. The van der Waals surface area contributed by atoms with E-state index in [4.69, 9.17) is 4.74 Å². The van der Waals surface area contributed by atoms with E-state index in [2.05, 4.69) is 0 Å². The number of hydrogen-bond acceptors (Lipinski definition) is 4. The van der Waals surface area contributed by atoms with Gasteiger partial charge >= 0.3 is 0 Å². The van der Waals surface area contributed by atoms with Crippen molar-refractivity contribution in [1.82, 2.24) is 0 Å². The van der Waals surface area contributed by atoms with Gasteiger partial charge in [0.05, 0.1) is 13.2 Å². The van der Waals surface area contributed by atoms with Crippen LogP contribution in [0.3, 0.4) is 0 Å². The van der Waals surface area contributed by atoms with Crippen molar-refractivity contribution in [3.63, 3.8) is 0 Å². The molecule has 0 saturated carbocycles. The van der Waals surface area contributed by atoms with Crippen LogP contribution in [0.4, 0.5) is 0 Å². The Bertz CT molecular complexity index is 78.1. The molecular weight excluding hydrogens is 168 g/mol. The Kier molecular flexibility index (Phi) is 9.64. The van der Waals surface area contributed by atoms with Gasteiger partial charge in [-0.1, -0.05) is 21.6 Å². The van der Waals surface area contributed by atoms with Crippen LogP contribution >= 0.6 is 21.6 Å². The molecule has 4 heteroatoms. The molecule has 0 radical (unpaired) electrons. The van der Waals surface area contributed by atoms with Crippen LogP contribution in [0.1, 0.15) is 6.42 Å². The minimum absolute atomic E-state index is 0.518. The second kappa shape index (κ2) is 9.33. The monoisotopic (exact) mass is 180 g/mol. The highest BCUT2D eigenvalue weighted by Gasteiger charge is 1.87. The summed E-state index contributed by atoms with van der Waals surface area (Å²) in [4.78, 5) is 9.80. The van der Waals surface area contributed by atoms with Crippen LogP contribution in [0.25, 0.3) is 0 Å². The molecule has 0 aromatic carbocycles. The van der Waals surface area contributed by atoms with Crippen LogP contribution < -0.4 is 0 Å². The highest BCUT2D eigenvalue weighted by atomic mass is 33.1. The molecule has 0 rings (SSSR count). The van der Waals surface area contributed by atoms with Crippen LogP contribution in [0, 0.1) is 0 Å². The molecule has 0 saturated heterocycles. The van der Waals surface area contributed by atoms with Gasteiger partial charge in [0.15, 0.2) is 0 Å². The highest BCUT2D eigenvalue weighted by Crippen LogP contribution is 2.15. The minimum Gasteiger partial charge on any atom is -0.380 e. The van der Waals surface area contributed by atoms with E-state index < -0.39 is 0 Å². The Morgan fingerprint density at radius 1 is 1.50 bits per heavy atom. The van der Waals surface area contributed by atoms with E-state index in [9.17, 15) is 4.79 Å². The fourth-order valence-corrected chi connectivity index (χ4v) is 1.47. The van der Waals surface area contributed by atoms with Crippen molar-refractivity contribution in [3.05, 3.63) is 0 Å². The second-order valence-electron chi connectivity index (χ2n) is 1.56. The van der Waals surface area contributed by atoms with Crippen molar-refractivity contribution in [2.24, 2.45) is 0 Å². The van der Waals surface area contributed by atoms with Crippen molar-refractivity contribution in [1.29, 1.82) is 0 Å². The molecule has 0 aliphatic rings. The van der Waals surface area contributed by atoms with Gasteiger partial charge in [0.1, 0.15) is 6.29 Å². The summed E-state index contributed by atoms with van der Waals surface area (Å²) in [6, 6.07) is 0. The van der Waals surface area contributed by atoms with Gasteiger partial charge in [-0.25, -0.2) is 0 Å². The second-order valence-corrected chi connectivity index (χ2v) is 4.24. The van der Waals surface area contributed by atoms with Crippen molar-refractivity contribution < 1.29 is 9.53 Å². The van der Waals surface area contributed by atoms with E-state index in [0.29, 0.717) is 13.0 Å². The third-order valence-corrected chi connectivity index (χ3v) is 2.59. The summed E-state index contributed by atoms with van der Waals surface area (Å²) in [5.41, 5.74) is 0. The third-order valence-electron chi connectivity index (χ3n) is 0.809. The molecule has 0 aliphatic carbocycles. The van der Waals surface area contributed by atoms with E-state index >= 15 is 0 Å². The lowest BCUT2D eigenvalue weighted by Gasteiger charge is -1.98. The summed E-state index contributed by atoms with van der Waals surface area (Å²) < 4.78 is 5.11. The Labute approximate surface area is 69.5 Å². The summed E-state index contributed by atoms with van der Waals surface area (Å²) in [6.45, 7) is 1.32. The van der Waals surface area contributed by atoms with Crippen molar-refractivity contribution >= 4 is 27.9 Å². The Morgan fingerprint density at radius 3 is 2.90 bits per heavy atom. The van der Waals surface area contributed by atoms with Crippen LogP contribution in [-0.4, -0.2) is 31.5 Å². The molecule has 2 nitrogen and oxygen atoms in total. The number of carbonyl (C=O) groups excluding carboxylic acids is 1. The SMILES string of the molecule is CSSCCOCCC=O. The molecule has 0 spiro atoms. The zero-order valence-corrected chi connectivity index (χ0v) is 7.67. The van der Waals surface area contributed by atoms with Gasteiger partial charge in [0.25, 0.3) is 0 Å². The lowest BCUT2D eigenvalue weighted by Crippen LogP contribution is -1.98. The maximum atomic E-state index is 9.80. The average Bonchev–Trinajstić information content (AvgIpc) is 1.97. The molecule has 0 unspecified atom stereocenters. The number of aldehydes is 1. The molecule has 0 bridgehead atoms. The van der Waals surface area contributed by atoms with Gasteiger partial charge in [-0.05, 0) is 6.26 Å². The molecule has 0 fully saturated rings. The normalized spacial score (nSPS) is 9.70. The molecule has 0 aliphatic heterocycles. The van der Waals surface area contributed by atoms with E-state index in [1.54, 1.807) is 21.6 Å². The summed E-state index contributed by atoms with van der Waals surface area (Å²) in [6.07, 6.45) is 3.43. The van der Waals surface area contributed by atoms with Gasteiger partial charge in [0, 0.05) is 12.2 Å². The Morgan fingerprint density at radius 2 is 2.30 bits per heavy atom. The van der Waals surface area contributed by atoms with Gasteiger partial charge in [-0.3, -0.25) is 0 Å². The summed E-state index contributed by atoms with van der Waals surface area (Å²) in [5, 5.41) is 0. The largest absolute Gasteiger partial charge is 0.380 e. The smallest absolute Gasteiger partial charge is 0.122 e. The van der Waals surface area contributed by atoms with Crippen molar-refractivity contribution in [2.45, 2.75) is 6.42 Å². The van der Waals surface area contributed by atoms with E-state index in [1.807, 2.05) is 6.26 Å². The summed E-state index contributed by atoms with van der Waals surface area (Å²) in [7, 11) is 3.50. The maximum Gasteiger partial charge on any atom is 0.122 e. The summed E-state index contributed by atoms with van der Waals surface area (Å²) in [5.74, 6) is 1.00. The third kappa shape index (κ3) is 8.33. The highest BCUT2D eigenvalue weighted by molar-refractivity contribution is 8.76. The van der Waals surface area contributed by atoms with Gasteiger partial charge < -0.3 is 9.53 Å². The molecule has 0 aromatic rings. The van der Waals surface area contributed by atoms with E-state index in [1.165, 1.54) is 0 Å². The quantitative estimate of drug-likeness (QED) is 0.338. The average molecular weight is 180 g/mol. The lowest BCUT2D eigenvalue weighted by atomic mass is 10.5. The first-order valence-electron chi connectivity index (χ1n) is 3.08. The van der Waals surface area contributed by atoms with E-state index in [-0.39, 0.29) is 0 Å². The fraction of sp³-hybridized carbons (Fsp3) is 0.833. The first-order chi connectivity index (χ1) is 4.91. The minimum atomic E-state index is 0.518. The topological polar surface area (TPSA) is 26.3 Å². The predicted molar refractivity (Wildman–Crippen MR) is 47.5 cm³/mol. The Hall–Kier alpha value is 0.330. The van der Waals surface area contributed by atoms with Crippen LogP contribution in [-0.2, 0) is 9.53 Å². The molecule has 60 valence electrons. The van der Waals surface area contributed by atoms with Gasteiger partial charge in [-0.15, -0.1) is 0 Å². The Balaban J connectivity index is 2.70. The molecule has 10 heavy (non-hydrogen) atoms. The number of carbonyl (C=O) groups is 1. The van der Waals surface area contributed by atoms with E-state index in [0.717, 1.165) is 18.6 Å². The molecular formula is C6H12O2S2. The predicted octanol–water partition coefficient (Wildman–Crippen LogP) is 1.60. The molecule has 0 atom stereocenters. The van der Waals surface area contributed by atoms with Crippen LogP contribution in [0.5, 0.6) is 0 Å².